The van der Waals surface area contributed by atoms with Gasteiger partial charge in [0.1, 0.15) is 22.8 Å². The Morgan fingerprint density at radius 3 is 2.62 bits per heavy atom. The van der Waals surface area contributed by atoms with E-state index in [4.69, 9.17) is 9.47 Å². The van der Waals surface area contributed by atoms with Gasteiger partial charge in [0.05, 0.1) is 16.8 Å². The van der Waals surface area contributed by atoms with Crippen molar-refractivity contribution >= 4 is 21.6 Å². The number of aliphatic hydroxyl groups excluding tert-OH is 1. The monoisotopic (exact) mass is 483 g/mol. The van der Waals surface area contributed by atoms with E-state index < -0.39 is 21.3 Å². The Morgan fingerprint density at radius 1 is 1.26 bits per heavy atom. The maximum atomic E-state index is 12.9. The summed E-state index contributed by atoms with van der Waals surface area (Å²) in [5.74, 6) is 1.30. The zero-order valence-corrected chi connectivity index (χ0v) is 19.6. The molecule has 0 bridgehead atoms. The minimum absolute atomic E-state index is 0.204. The number of amides is 1. The summed E-state index contributed by atoms with van der Waals surface area (Å²) in [6, 6.07) is 11.2. The van der Waals surface area contributed by atoms with E-state index in [1.165, 1.54) is 12.1 Å². The topological polar surface area (TPSA) is 120 Å². The molecule has 2 aromatic carbocycles. The summed E-state index contributed by atoms with van der Waals surface area (Å²) in [6.45, 7) is 1.58. The Kier molecular flexibility index (Phi) is 5.37. The highest BCUT2D eigenvalue weighted by atomic mass is 32.2. The van der Waals surface area contributed by atoms with Crippen molar-refractivity contribution in [2.75, 3.05) is 11.9 Å². The lowest BCUT2D eigenvalue weighted by atomic mass is 9.98. The van der Waals surface area contributed by atoms with Crippen LogP contribution >= 0.6 is 0 Å². The Balaban J connectivity index is 1.45. The van der Waals surface area contributed by atoms with Gasteiger partial charge in [-0.25, -0.2) is 8.42 Å². The molecular formula is C24H25N3O6S. The van der Waals surface area contributed by atoms with Gasteiger partial charge in [0.15, 0.2) is 15.7 Å². The number of carbonyl (C=O) groups excluding carboxylic acids is 1. The quantitative estimate of drug-likeness (QED) is 0.530. The first-order valence-electron chi connectivity index (χ1n) is 11.0. The van der Waals surface area contributed by atoms with Gasteiger partial charge >= 0.3 is 0 Å². The van der Waals surface area contributed by atoms with Crippen LogP contribution in [0.5, 0.6) is 17.2 Å². The number of ether oxygens (including phenoxy) is 2. The van der Waals surface area contributed by atoms with Gasteiger partial charge in [0, 0.05) is 36.9 Å². The number of aliphatic hydroxyl groups is 1. The second-order valence-corrected chi connectivity index (χ2v) is 11.2. The molecular weight excluding hydrogens is 458 g/mol. The molecule has 1 fully saturated rings. The number of hydrogen-bond donors (Lipinski definition) is 2. The molecule has 1 aromatic heterocycles. The predicted octanol–water partition coefficient (Wildman–Crippen LogP) is 3.09. The van der Waals surface area contributed by atoms with E-state index in [1.807, 2.05) is 0 Å². The van der Waals surface area contributed by atoms with Crippen LogP contribution in [0.25, 0.3) is 0 Å². The van der Waals surface area contributed by atoms with E-state index in [0.717, 1.165) is 5.56 Å². The van der Waals surface area contributed by atoms with Crippen molar-refractivity contribution in [1.29, 1.82) is 0 Å². The lowest BCUT2D eigenvalue weighted by Gasteiger charge is -2.20. The van der Waals surface area contributed by atoms with Gasteiger partial charge in [0.25, 0.3) is 5.91 Å². The van der Waals surface area contributed by atoms with Crippen molar-refractivity contribution < 1.29 is 27.8 Å². The highest BCUT2D eigenvalue weighted by molar-refractivity contribution is 7.92. The number of benzene rings is 2. The molecule has 34 heavy (non-hydrogen) atoms. The molecule has 1 atom stereocenters. The number of rotatable bonds is 7. The molecule has 1 saturated carbocycles. The van der Waals surface area contributed by atoms with Crippen LogP contribution in [-0.4, -0.2) is 46.7 Å². The number of anilines is 1. The van der Waals surface area contributed by atoms with Crippen molar-refractivity contribution in [3.8, 4) is 17.2 Å². The van der Waals surface area contributed by atoms with Crippen LogP contribution in [0.2, 0.25) is 0 Å². The van der Waals surface area contributed by atoms with Crippen LogP contribution in [0, 0.1) is 0 Å². The molecule has 178 valence electrons. The van der Waals surface area contributed by atoms with E-state index in [1.54, 1.807) is 55.2 Å². The summed E-state index contributed by atoms with van der Waals surface area (Å²) in [5.41, 5.74) is 0.189. The molecule has 2 aliphatic rings. The molecule has 3 aromatic rings. The third kappa shape index (κ3) is 4.26. The van der Waals surface area contributed by atoms with Crippen molar-refractivity contribution in [2.24, 2.45) is 7.05 Å². The zero-order valence-electron chi connectivity index (χ0n) is 18.8. The number of nitrogens with zero attached hydrogens (tertiary/aromatic N) is 2. The molecule has 1 aliphatic heterocycles. The molecule has 10 heteroatoms. The number of carbonyl (C=O) groups is 1. The van der Waals surface area contributed by atoms with Crippen LogP contribution in [0.15, 0.2) is 53.6 Å². The van der Waals surface area contributed by atoms with E-state index in [0.29, 0.717) is 47.9 Å². The second-order valence-electron chi connectivity index (χ2n) is 8.98. The zero-order chi connectivity index (χ0) is 24.1. The van der Waals surface area contributed by atoms with Gasteiger partial charge < -0.3 is 19.9 Å². The summed E-state index contributed by atoms with van der Waals surface area (Å²) in [5, 5.41) is 16.4. The smallest absolute Gasteiger partial charge is 0.257 e. The molecule has 2 N–H and O–H groups in total. The normalized spacial score (nSPS) is 19.4. The number of aromatic nitrogens is 2. The molecule has 0 saturated heterocycles. The third-order valence-electron chi connectivity index (χ3n) is 5.97. The summed E-state index contributed by atoms with van der Waals surface area (Å²) in [6.07, 6.45) is 3.51. The maximum Gasteiger partial charge on any atom is 0.257 e. The maximum absolute atomic E-state index is 12.9. The molecule has 0 spiro atoms. The van der Waals surface area contributed by atoms with Gasteiger partial charge in [-0.15, -0.1) is 0 Å². The van der Waals surface area contributed by atoms with Gasteiger partial charge in [0.2, 0.25) is 0 Å². The van der Waals surface area contributed by atoms with Crippen LogP contribution in [-0.2, 0) is 23.3 Å². The van der Waals surface area contributed by atoms with Crippen molar-refractivity contribution in [2.45, 2.75) is 41.9 Å². The predicted molar refractivity (Wildman–Crippen MR) is 124 cm³/mol. The van der Waals surface area contributed by atoms with E-state index in [9.17, 15) is 18.3 Å². The molecule has 1 amide bonds. The summed E-state index contributed by atoms with van der Waals surface area (Å²) >= 11 is 0. The van der Waals surface area contributed by atoms with Crippen molar-refractivity contribution in [3.05, 3.63) is 59.8 Å². The minimum Gasteiger partial charge on any atom is -0.484 e. The van der Waals surface area contributed by atoms with Gasteiger partial charge in [-0.2, -0.15) is 5.10 Å². The Hall–Kier alpha value is -3.37. The third-order valence-corrected chi connectivity index (χ3v) is 8.25. The van der Waals surface area contributed by atoms with Gasteiger partial charge in [-0.1, -0.05) is 0 Å². The first kappa shape index (κ1) is 22.4. The Morgan fingerprint density at radius 2 is 2.00 bits per heavy atom. The number of aryl methyl sites for hydroxylation is 1. The van der Waals surface area contributed by atoms with Gasteiger partial charge in [-0.3, -0.25) is 9.48 Å². The van der Waals surface area contributed by atoms with Gasteiger partial charge in [-0.05, 0) is 56.2 Å². The van der Waals surface area contributed by atoms with Crippen molar-refractivity contribution in [1.82, 2.24) is 9.78 Å². The molecule has 9 nitrogen and oxygen atoms in total. The van der Waals surface area contributed by atoms with Crippen molar-refractivity contribution in [3.63, 3.8) is 0 Å². The Bertz CT molecular complexity index is 1360. The average Bonchev–Trinajstić information content (AvgIpc) is 3.51. The lowest BCUT2D eigenvalue weighted by molar-refractivity contribution is 0.0445. The fourth-order valence-electron chi connectivity index (χ4n) is 3.94. The van der Waals surface area contributed by atoms with E-state index in [-0.39, 0.29) is 16.8 Å². The SMILES string of the molecule is Cn1ccc(NC(=O)c2cc(Oc3ccc(S(=O)(=O)C4CC4)cc3)c3c(c2)OC(C)(CO)C3)n1. The van der Waals surface area contributed by atoms with Crippen LogP contribution in [0.1, 0.15) is 35.7 Å². The summed E-state index contributed by atoms with van der Waals surface area (Å²) < 4.78 is 38.5. The Labute approximate surface area is 197 Å². The van der Waals surface area contributed by atoms with Crippen LogP contribution in [0.3, 0.4) is 0 Å². The highest BCUT2D eigenvalue weighted by Gasteiger charge is 2.38. The molecule has 0 radical (unpaired) electrons. The molecule has 1 aliphatic carbocycles. The molecule has 1 unspecified atom stereocenters. The first-order valence-corrected chi connectivity index (χ1v) is 12.5. The molecule has 2 heterocycles. The fraction of sp³-hybridized carbons (Fsp3) is 0.333. The van der Waals surface area contributed by atoms with Crippen LogP contribution in [0.4, 0.5) is 5.82 Å². The van der Waals surface area contributed by atoms with E-state index >= 15 is 0 Å². The number of sulfone groups is 1. The minimum atomic E-state index is -3.29. The second kappa shape index (κ2) is 8.14. The number of fused-ring (bicyclic) bond motifs is 1. The fourth-order valence-corrected chi connectivity index (χ4v) is 5.59. The lowest BCUT2D eigenvalue weighted by Crippen LogP contribution is -2.34. The van der Waals surface area contributed by atoms with Crippen LogP contribution < -0.4 is 14.8 Å². The largest absolute Gasteiger partial charge is 0.484 e. The first-order chi connectivity index (χ1) is 16.2. The highest BCUT2D eigenvalue weighted by Crippen LogP contribution is 2.43. The van der Waals surface area contributed by atoms with E-state index in [2.05, 4.69) is 10.4 Å². The summed E-state index contributed by atoms with van der Waals surface area (Å²) in [7, 11) is -1.54. The number of hydrogen-bond acceptors (Lipinski definition) is 7. The standard InChI is InChI=1S/C24H25N3O6S/c1-24(14-28)13-19-20(32-16-3-5-17(6-4-16)34(30,31)18-7-8-18)11-15(12-21(19)33-24)23(29)25-22-9-10-27(2)26-22/h3-6,9-12,18,28H,7-8,13-14H2,1-2H3,(H,25,26,29). The molecule has 5 rings (SSSR count). The summed E-state index contributed by atoms with van der Waals surface area (Å²) in [4.78, 5) is 13.2. The number of nitrogens with one attached hydrogen (secondary N) is 1. The average molecular weight is 484 g/mol.